The first-order valence-electron chi connectivity index (χ1n) is 6.11. The number of hydrazine groups is 1. The Kier molecular flexibility index (Phi) is 4.23. The Labute approximate surface area is 119 Å². The van der Waals surface area contributed by atoms with E-state index in [-0.39, 0.29) is 18.1 Å². The molecule has 0 aromatic carbocycles. The summed E-state index contributed by atoms with van der Waals surface area (Å²) in [4.78, 5) is 6.92. The second kappa shape index (κ2) is 5.64. The highest BCUT2D eigenvalue weighted by atomic mass is 32.2. The predicted molar refractivity (Wildman–Crippen MR) is 70.1 cm³/mol. The summed E-state index contributed by atoms with van der Waals surface area (Å²) in [5.74, 6) is 4.60. The van der Waals surface area contributed by atoms with Gasteiger partial charge in [-0.2, -0.15) is 18.2 Å². The van der Waals surface area contributed by atoms with Crippen molar-refractivity contribution < 1.29 is 21.6 Å². The van der Waals surface area contributed by atoms with Crippen LogP contribution in [0, 0.1) is 0 Å². The van der Waals surface area contributed by atoms with Crippen LogP contribution in [0.15, 0.2) is 6.07 Å². The van der Waals surface area contributed by atoms with Gasteiger partial charge in [-0.15, -0.1) is 0 Å². The van der Waals surface area contributed by atoms with E-state index < -0.39 is 32.9 Å². The van der Waals surface area contributed by atoms with Crippen LogP contribution in [-0.2, 0) is 16.0 Å². The smallest absolute Gasteiger partial charge is 0.369 e. The molecule has 1 aliphatic rings. The van der Waals surface area contributed by atoms with Gasteiger partial charge in [-0.25, -0.2) is 19.2 Å². The molecule has 0 aliphatic carbocycles. The van der Waals surface area contributed by atoms with Gasteiger partial charge in [0.25, 0.3) is 0 Å². The lowest BCUT2D eigenvalue weighted by Gasteiger charge is -2.13. The van der Waals surface area contributed by atoms with Gasteiger partial charge in [0.1, 0.15) is 5.82 Å². The average molecular weight is 325 g/mol. The van der Waals surface area contributed by atoms with Crippen LogP contribution >= 0.6 is 0 Å². The van der Waals surface area contributed by atoms with Crippen molar-refractivity contribution in [3.63, 3.8) is 0 Å². The number of sulfone groups is 1. The van der Waals surface area contributed by atoms with Crippen LogP contribution in [0.3, 0.4) is 0 Å². The lowest BCUT2D eigenvalue weighted by atomic mass is 10.2. The number of rotatable bonds is 4. The predicted octanol–water partition coefficient (Wildman–Crippen LogP) is 0.770. The van der Waals surface area contributed by atoms with E-state index >= 15 is 0 Å². The van der Waals surface area contributed by atoms with Crippen LogP contribution < -0.4 is 16.6 Å². The largest absolute Gasteiger partial charge is 0.433 e. The maximum Gasteiger partial charge on any atom is 0.433 e. The van der Waals surface area contributed by atoms with Gasteiger partial charge in [0.15, 0.2) is 15.5 Å². The zero-order chi connectivity index (χ0) is 15.7. The lowest BCUT2D eigenvalue weighted by molar-refractivity contribution is -0.141. The number of hydrogen-bond acceptors (Lipinski definition) is 7. The molecule has 4 N–H and O–H groups in total. The molecule has 1 atom stereocenters. The van der Waals surface area contributed by atoms with E-state index in [0.29, 0.717) is 18.9 Å². The van der Waals surface area contributed by atoms with Crippen molar-refractivity contribution in [3.05, 3.63) is 11.8 Å². The van der Waals surface area contributed by atoms with Gasteiger partial charge in [0, 0.05) is 12.6 Å². The number of aromatic nitrogens is 2. The molecule has 1 aromatic heterocycles. The van der Waals surface area contributed by atoms with Crippen molar-refractivity contribution in [2.75, 3.05) is 23.0 Å². The maximum atomic E-state index is 12.7. The maximum absolute atomic E-state index is 12.7. The highest BCUT2D eigenvalue weighted by Crippen LogP contribution is 2.29. The molecule has 0 amide bonds. The molecule has 118 valence electrons. The van der Waals surface area contributed by atoms with Gasteiger partial charge in [-0.1, -0.05) is 0 Å². The van der Waals surface area contributed by atoms with E-state index in [0.717, 1.165) is 0 Å². The number of nitrogens with two attached hydrogens (primary N) is 1. The number of alkyl halides is 3. The Hall–Kier alpha value is -1.62. The normalized spacial score (nSPS) is 21.2. The average Bonchev–Trinajstić information content (AvgIpc) is 2.74. The lowest BCUT2D eigenvalue weighted by Crippen LogP contribution is -2.26. The first kappa shape index (κ1) is 15.8. The molecular formula is C10H14F3N5O2S. The van der Waals surface area contributed by atoms with E-state index in [2.05, 4.69) is 15.3 Å². The van der Waals surface area contributed by atoms with E-state index in [1.54, 1.807) is 0 Å². The molecule has 1 fully saturated rings. The molecule has 1 saturated heterocycles. The molecular weight excluding hydrogens is 311 g/mol. The molecule has 0 radical (unpaired) electrons. The second-order valence-electron chi connectivity index (χ2n) is 4.62. The van der Waals surface area contributed by atoms with Gasteiger partial charge in [0.2, 0.25) is 5.95 Å². The third-order valence-electron chi connectivity index (χ3n) is 3.12. The molecule has 7 nitrogen and oxygen atoms in total. The van der Waals surface area contributed by atoms with Gasteiger partial charge in [0.05, 0.1) is 11.0 Å². The van der Waals surface area contributed by atoms with Gasteiger partial charge >= 0.3 is 6.18 Å². The number of nitrogen functional groups attached to an aromatic ring is 1. The van der Waals surface area contributed by atoms with Crippen LogP contribution in [0.4, 0.5) is 24.9 Å². The fourth-order valence-corrected chi connectivity index (χ4v) is 3.82. The summed E-state index contributed by atoms with van der Waals surface area (Å²) in [6.45, 7) is 0.000650. The Balaban J connectivity index is 2.16. The molecule has 11 heteroatoms. The van der Waals surface area contributed by atoms with Crippen LogP contribution in [0.2, 0.25) is 0 Å². The molecule has 0 bridgehead atoms. The van der Waals surface area contributed by atoms with Crippen molar-refractivity contribution in [1.29, 1.82) is 0 Å². The fourth-order valence-electron chi connectivity index (χ4n) is 2.05. The third kappa shape index (κ3) is 3.73. The molecule has 2 rings (SSSR count). The van der Waals surface area contributed by atoms with Gasteiger partial charge in [-0.3, -0.25) is 5.43 Å². The summed E-state index contributed by atoms with van der Waals surface area (Å²) < 4.78 is 61.3. The van der Waals surface area contributed by atoms with Crippen molar-refractivity contribution in [2.45, 2.75) is 24.3 Å². The van der Waals surface area contributed by atoms with Crippen molar-refractivity contribution in [1.82, 2.24) is 9.97 Å². The number of halogens is 3. The highest BCUT2D eigenvalue weighted by molar-refractivity contribution is 7.92. The standard InChI is InChI=1S/C10H14F3N5O2S/c11-10(12,13)7-4-8(17-9(16-7)18-14)15-5-6-2-1-3-21(6,19)20/h4,6H,1-3,5,14H2,(H2,15,16,17,18). The Morgan fingerprint density at radius 3 is 2.62 bits per heavy atom. The number of nitrogens with one attached hydrogen (secondary N) is 2. The zero-order valence-corrected chi connectivity index (χ0v) is 11.6. The van der Waals surface area contributed by atoms with E-state index in [4.69, 9.17) is 5.84 Å². The Bertz CT molecular complexity index is 620. The number of hydrogen-bond donors (Lipinski definition) is 3. The number of nitrogens with zero attached hydrogens (tertiary/aromatic N) is 2. The van der Waals surface area contributed by atoms with Crippen LogP contribution in [0.1, 0.15) is 18.5 Å². The van der Waals surface area contributed by atoms with Crippen LogP contribution in [0.25, 0.3) is 0 Å². The first-order valence-corrected chi connectivity index (χ1v) is 7.82. The molecule has 0 spiro atoms. The first-order chi connectivity index (χ1) is 9.72. The minimum Gasteiger partial charge on any atom is -0.369 e. The monoisotopic (exact) mass is 325 g/mol. The minimum absolute atomic E-state index is 0.000650. The summed E-state index contributed by atoms with van der Waals surface area (Å²) in [6.07, 6.45) is -3.61. The Morgan fingerprint density at radius 1 is 1.38 bits per heavy atom. The summed E-state index contributed by atoms with van der Waals surface area (Å²) in [6, 6.07) is 0.711. The SMILES string of the molecule is NNc1nc(NCC2CCCS2(=O)=O)cc(C(F)(F)F)n1. The quantitative estimate of drug-likeness (QED) is 0.554. The zero-order valence-electron chi connectivity index (χ0n) is 10.8. The van der Waals surface area contributed by atoms with Gasteiger partial charge in [-0.05, 0) is 12.8 Å². The topological polar surface area (TPSA) is 110 Å². The molecule has 1 aliphatic heterocycles. The number of anilines is 2. The highest BCUT2D eigenvalue weighted by Gasteiger charge is 2.34. The van der Waals surface area contributed by atoms with Crippen molar-refractivity contribution >= 4 is 21.6 Å². The minimum atomic E-state index is -4.65. The second-order valence-corrected chi connectivity index (χ2v) is 7.02. The van der Waals surface area contributed by atoms with Crippen LogP contribution in [-0.4, -0.2) is 35.9 Å². The van der Waals surface area contributed by atoms with Gasteiger partial charge < -0.3 is 5.32 Å². The molecule has 1 unspecified atom stereocenters. The molecule has 0 saturated carbocycles. The van der Waals surface area contributed by atoms with Crippen LogP contribution in [0.5, 0.6) is 0 Å². The summed E-state index contributed by atoms with van der Waals surface area (Å²) in [5.41, 5.74) is 0.779. The van der Waals surface area contributed by atoms with Crippen molar-refractivity contribution in [2.24, 2.45) is 5.84 Å². The Morgan fingerprint density at radius 2 is 2.10 bits per heavy atom. The summed E-state index contributed by atoms with van der Waals surface area (Å²) in [5, 5.41) is 1.99. The van der Waals surface area contributed by atoms with E-state index in [9.17, 15) is 21.6 Å². The summed E-state index contributed by atoms with van der Waals surface area (Å²) >= 11 is 0. The molecule has 21 heavy (non-hydrogen) atoms. The molecule has 2 heterocycles. The molecule has 1 aromatic rings. The third-order valence-corrected chi connectivity index (χ3v) is 5.40. The van der Waals surface area contributed by atoms with E-state index in [1.807, 2.05) is 5.43 Å². The van der Waals surface area contributed by atoms with Crippen molar-refractivity contribution in [3.8, 4) is 0 Å². The van der Waals surface area contributed by atoms with E-state index in [1.165, 1.54) is 0 Å². The summed E-state index contributed by atoms with van der Waals surface area (Å²) in [7, 11) is -3.18. The fraction of sp³-hybridized carbons (Fsp3) is 0.600.